The molecule has 8 rings (SSSR count). The van der Waals surface area contributed by atoms with Crippen molar-refractivity contribution >= 4 is 22.7 Å². The first kappa shape index (κ1) is 32.2. The molecule has 1 aliphatic rings. The van der Waals surface area contributed by atoms with Crippen molar-refractivity contribution in [2.24, 2.45) is 0 Å². The second kappa shape index (κ2) is 13.6. The van der Waals surface area contributed by atoms with Crippen LogP contribution in [0.15, 0.2) is 140 Å². The fraction of sp³-hybridized carbons (Fsp3) is 0.0698. The van der Waals surface area contributed by atoms with Gasteiger partial charge in [0.2, 0.25) is 0 Å². The van der Waals surface area contributed by atoms with Gasteiger partial charge in [0.25, 0.3) is 0 Å². The van der Waals surface area contributed by atoms with Crippen molar-refractivity contribution in [3.63, 3.8) is 0 Å². The van der Waals surface area contributed by atoms with Crippen LogP contribution in [-0.2, 0) is 21.1 Å². The van der Waals surface area contributed by atoms with Gasteiger partial charge in [0.1, 0.15) is 5.69 Å². The maximum atomic E-state index is 6.39. The van der Waals surface area contributed by atoms with Crippen molar-refractivity contribution in [3.05, 3.63) is 175 Å². The van der Waals surface area contributed by atoms with Crippen LogP contribution in [0.5, 0.6) is 11.5 Å². The summed E-state index contributed by atoms with van der Waals surface area (Å²) < 4.78 is 8.26. The average Bonchev–Trinajstić information content (AvgIpc) is 3.72. The zero-order valence-corrected chi connectivity index (χ0v) is 29.6. The van der Waals surface area contributed by atoms with Gasteiger partial charge in [0.05, 0.1) is 0 Å². The number of hydrogen-bond donors (Lipinski definition) is 0. The molecule has 0 fully saturated rings. The topological polar surface area (TPSA) is 33.5 Å². The quantitative estimate of drug-likeness (QED) is 0.150. The van der Waals surface area contributed by atoms with E-state index in [0.717, 1.165) is 45.1 Å². The van der Waals surface area contributed by atoms with Crippen LogP contribution in [0.2, 0.25) is 0 Å². The van der Waals surface area contributed by atoms with E-state index in [1.807, 2.05) is 71.4 Å². The minimum absolute atomic E-state index is 0. The van der Waals surface area contributed by atoms with Crippen LogP contribution in [-0.4, -0.2) is 9.78 Å². The number of aromatic nitrogens is 2. The number of benzene rings is 6. The fourth-order valence-electron chi connectivity index (χ4n) is 6.55. The molecule has 0 aliphatic carbocycles. The van der Waals surface area contributed by atoms with Crippen molar-refractivity contribution in [1.29, 1.82) is 0 Å². The molecule has 0 amide bonds. The monoisotopic (exact) mass is 816 g/mol. The van der Waals surface area contributed by atoms with E-state index in [-0.39, 0.29) is 21.1 Å². The number of anilines is 4. The van der Waals surface area contributed by atoms with E-state index in [2.05, 4.69) is 122 Å². The predicted molar refractivity (Wildman–Crippen MR) is 194 cm³/mol. The Morgan fingerprint density at radius 1 is 0.592 bits per heavy atom. The third kappa shape index (κ3) is 6.30. The minimum atomic E-state index is 0. The standard InChI is InChI=1S/C43H33N4O.Pt/c1-30-24-31(2)43(32(3)25-30)46-29-45(40-22-10-11-23-41(40)46)35-18-12-20-37(26-35)48-38-21-13-19-36(27-38)47-28-39(33-14-6-4-7-15-33)42(44-47)34-16-8-5-9-17-34;/h4-25,28-29H,1-3H3;/q-3;. The molecule has 244 valence electrons. The largest absolute Gasteiger partial charge is 0.509 e. The molecule has 0 bridgehead atoms. The van der Waals surface area contributed by atoms with Crippen LogP contribution in [0.1, 0.15) is 16.7 Å². The van der Waals surface area contributed by atoms with Gasteiger partial charge in [-0.3, -0.25) is 4.68 Å². The Morgan fingerprint density at radius 2 is 1.14 bits per heavy atom. The van der Waals surface area contributed by atoms with Gasteiger partial charge >= 0.3 is 0 Å². The Balaban J connectivity index is 0.00000378. The predicted octanol–water partition coefficient (Wildman–Crippen LogP) is 10.9. The van der Waals surface area contributed by atoms with Crippen molar-refractivity contribution in [2.45, 2.75) is 20.8 Å². The maximum Gasteiger partial charge on any atom is 0.100 e. The second-order valence-electron chi connectivity index (χ2n) is 12.1. The number of aryl methyl sites for hydroxylation is 3. The van der Waals surface area contributed by atoms with Gasteiger partial charge in [0, 0.05) is 67.0 Å². The van der Waals surface area contributed by atoms with Gasteiger partial charge in [0.15, 0.2) is 0 Å². The first-order chi connectivity index (χ1) is 23.5. The molecule has 0 radical (unpaired) electrons. The zero-order chi connectivity index (χ0) is 32.6. The summed E-state index contributed by atoms with van der Waals surface area (Å²) in [7, 11) is 0. The number of para-hydroxylation sites is 2. The Bertz CT molecular complexity index is 2170. The Hall–Kier alpha value is -5.38. The molecule has 0 atom stereocenters. The first-order valence-electron chi connectivity index (χ1n) is 16.1. The molecule has 5 nitrogen and oxygen atoms in total. The zero-order valence-electron chi connectivity index (χ0n) is 27.4. The Kier molecular flexibility index (Phi) is 8.94. The summed E-state index contributed by atoms with van der Waals surface area (Å²) in [5.74, 6) is 1.18. The third-order valence-electron chi connectivity index (χ3n) is 8.59. The molecule has 0 saturated heterocycles. The van der Waals surface area contributed by atoms with E-state index in [9.17, 15) is 0 Å². The molecular formula is C43H33N4OPt-3. The van der Waals surface area contributed by atoms with Crippen LogP contribution in [0.3, 0.4) is 0 Å². The minimum Gasteiger partial charge on any atom is -0.509 e. The summed E-state index contributed by atoms with van der Waals surface area (Å²) in [5, 5.41) is 5.02. The normalized spacial score (nSPS) is 12.1. The van der Waals surface area contributed by atoms with Gasteiger partial charge in [-0.25, -0.2) is 0 Å². The van der Waals surface area contributed by atoms with E-state index < -0.39 is 0 Å². The average molecular weight is 817 g/mol. The first-order valence-corrected chi connectivity index (χ1v) is 16.1. The smallest absolute Gasteiger partial charge is 0.100 e. The number of nitrogens with zero attached hydrogens (tertiary/aromatic N) is 4. The van der Waals surface area contributed by atoms with Gasteiger partial charge < -0.3 is 14.5 Å². The number of hydrogen-bond acceptors (Lipinski definition) is 4. The van der Waals surface area contributed by atoms with Crippen LogP contribution in [0, 0.1) is 39.6 Å². The molecule has 7 aromatic rings. The third-order valence-corrected chi connectivity index (χ3v) is 8.59. The molecular weight excluding hydrogens is 784 g/mol. The van der Waals surface area contributed by atoms with Crippen LogP contribution in [0.4, 0.5) is 22.7 Å². The summed E-state index contributed by atoms with van der Waals surface area (Å²) in [6.45, 7) is 8.63. The summed E-state index contributed by atoms with van der Waals surface area (Å²) in [4.78, 5) is 4.44. The molecule has 2 heterocycles. The van der Waals surface area contributed by atoms with Gasteiger partial charge in [-0.1, -0.05) is 90.5 Å². The fourth-order valence-corrected chi connectivity index (χ4v) is 6.55. The Morgan fingerprint density at radius 3 is 1.80 bits per heavy atom. The van der Waals surface area contributed by atoms with Gasteiger partial charge in [-0.2, -0.15) is 17.2 Å². The number of fused-ring (bicyclic) bond motifs is 1. The van der Waals surface area contributed by atoms with Gasteiger partial charge in [-0.05, 0) is 55.3 Å². The number of rotatable bonds is 7. The van der Waals surface area contributed by atoms with Crippen molar-refractivity contribution < 1.29 is 25.8 Å². The molecule has 0 saturated carbocycles. The molecule has 6 aromatic carbocycles. The summed E-state index contributed by atoms with van der Waals surface area (Å²) in [6.07, 6.45) is 2.06. The molecule has 0 N–H and O–H groups in total. The van der Waals surface area contributed by atoms with E-state index >= 15 is 0 Å². The Labute approximate surface area is 302 Å². The SMILES string of the molecule is Cc1cc(C)c(N2[CH-]N(c3[c-]c(Oc4[c-]c(-n5cc(-c6ccccc6)c(-c6ccccc6)n5)ccc4)ccc3)c3ccccc32)c(C)c1.[Pt]. The molecule has 6 heteroatoms. The molecule has 49 heavy (non-hydrogen) atoms. The summed E-state index contributed by atoms with van der Waals surface area (Å²) >= 11 is 0. The molecule has 1 aliphatic heterocycles. The van der Waals surface area contributed by atoms with E-state index in [1.165, 1.54) is 22.4 Å². The molecule has 0 unspecified atom stereocenters. The van der Waals surface area contributed by atoms with Crippen molar-refractivity contribution in [1.82, 2.24) is 9.78 Å². The number of ether oxygens (including phenoxy) is 1. The van der Waals surface area contributed by atoms with E-state index in [0.29, 0.717) is 11.5 Å². The maximum absolute atomic E-state index is 6.39. The summed E-state index contributed by atoms with van der Waals surface area (Å²) in [6, 6.07) is 52.3. The second-order valence-corrected chi connectivity index (χ2v) is 12.1. The summed E-state index contributed by atoms with van der Waals surface area (Å²) in [5.41, 5.74) is 12.9. The van der Waals surface area contributed by atoms with E-state index in [1.54, 1.807) is 0 Å². The molecule has 0 spiro atoms. The van der Waals surface area contributed by atoms with Crippen molar-refractivity contribution in [3.8, 4) is 39.6 Å². The van der Waals surface area contributed by atoms with Crippen LogP contribution < -0.4 is 14.5 Å². The van der Waals surface area contributed by atoms with Crippen LogP contribution >= 0.6 is 0 Å². The molecule has 1 aromatic heterocycles. The van der Waals surface area contributed by atoms with Gasteiger partial charge in [-0.15, -0.1) is 48.8 Å². The van der Waals surface area contributed by atoms with E-state index in [4.69, 9.17) is 9.84 Å². The van der Waals surface area contributed by atoms with Crippen LogP contribution in [0.25, 0.3) is 28.1 Å². The van der Waals surface area contributed by atoms with Crippen molar-refractivity contribution in [2.75, 3.05) is 9.80 Å².